The van der Waals surface area contributed by atoms with Gasteiger partial charge in [-0.1, -0.05) is 0 Å². The molecule has 1 aromatic carbocycles. The number of hydrogen-bond donors (Lipinski definition) is 1. The largest absolute Gasteiger partial charge is 0.489 e. The van der Waals surface area contributed by atoms with Crippen LogP contribution in [0.1, 0.15) is 46.0 Å². The second-order valence-corrected chi connectivity index (χ2v) is 10.4. The van der Waals surface area contributed by atoms with E-state index in [1.807, 2.05) is 6.92 Å². The van der Waals surface area contributed by atoms with E-state index >= 15 is 0 Å². The third-order valence-electron chi connectivity index (χ3n) is 6.41. The van der Waals surface area contributed by atoms with Crippen LogP contribution in [0.5, 0.6) is 5.75 Å². The number of nitrogens with one attached hydrogen (secondary N) is 1. The Morgan fingerprint density at radius 3 is 2.65 bits per heavy atom. The van der Waals surface area contributed by atoms with Gasteiger partial charge in [-0.25, -0.2) is 15.0 Å². The number of hydrogen-bond acceptors (Lipinski definition) is 8. The van der Waals surface area contributed by atoms with Crippen LogP contribution in [0.25, 0.3) is 10.6 Å². The van der Waals surface area contributed by atoms with Gasteiger partial charge in [-0.3, -0.25) is 4.79 Å². The third kappa shape index (κ3) is 5.54. The molecule has 196 valence electrons. The summed E-state index contributed by atoms with van der Waals surface area (Å²) >= 11 is 1.51. The fraction of sp³-hybridized carbons (Fsp3) is 0.440. The molecule has 0 aliphatic carbocycles. The molecule has 3 aromatic rings. The average Bonchev–Trinajstić information content (AvgIpc) is 3.55. The Hall–Kier alpha value is -3.25. The zero-order valence-corrected chi connectivity index (χ0v) is 21.2. The summed E-state index contributed by atoms with van der Waals surface area (Å²) in [7, 11) is 0. The fourth-order valence-electron chi connectivity index (χ4n) is 4.45. The molecule has 0 spiro atoms. The van der Waals surface area contributed by atoms with E-state index in [0.717, 1.165) is 53.1 Å². The summed E-state index contributed by atoms with van der Waals surface area (Å²) in [5.74, 6) is -0.506. The number of rotatable bonds is 6. The van der Waals surface area contributed by atoms with Crippen molar-refractivity contribution in [1.29, 1.82) is 0 Å². The van der Waals surface area contributed by atoms with Gasteiger partial charge < -0.3 is 19.7 Å². The highest BCUT2D eigenvalue weighted by Gasteiger charge is 2.34. The molecule has 2 aliphatic rings. The molecule has 1 fully saturated rings. The normalized spacial score (nSPS) is 18.3. The topological polar surface area (TPSA) is 89.5 Å². The maximum atomic E-state index is 13.4. The van der Waals surface area contributed by atoms with E-state index in [9.17, 15) is 18.0 Å². The Labute approximate surface area is 215 Å². The van der Waals surface area contributed by atoms with Gasteiger partial charge >= 0.3 is 6.18 Å². The minimum absolute atomic E-state index is 0.362. The highest BCUT2D eigenvalue weighted by Crippen LogP contribution is 2.43. The Morgan fingerprint density at radius 1 is 1.22 bits per heavy atom. The predicted molar refractivity (Wildman–Crippen MR) is 132 cm³/mol. The molecule has 37 heavy (non-hydrogen) atoms. The summed E-state index contributed by atoms with van der Waals surface area (Å²) in [5, 5.41) is 3.60. The molecule has 0 bridgehead atoms. The van der Waals surface area contributed by atoms with E-state index in [1.54, 1.807) is 25.3 Å². The highest BCUT2D eigenvalue weighted by atomic mass is 32.1. The molecule has 1 unspecified atom stereocenters. The van der Waals surface area contributed by atoms with Gasteiger partial charge in [-0.05, 0) is 32.4 Å². The zero-order chi connectivity index (χ0) is 26.2. The van der Waals surface area contributed by atoms with Crippen molar-refractivity contribution in [2.75, 3.05) is 37.8 Å². The smallest absolute Gasteiger partial charge is 0.451 e. The molecule has 4 heterocycles. The van der Waals surface area contributed by atoms with E-state index in [-0.39, 0.29) is 5.91 Å². The number of aromatic nitrogens is 3. The number of aryl methyl sites for hydroxylation is 1. The van der Waals surface area contributed by atoms with Crippen LogP contribution in [0.4, 0.5) is 18.9 Å². The molecule has 8 nitrogen and oxygen atoms in total. The fourth-order valence-corrected chi connectivity index (χ4v) is 5.23. The van der Waals surface area contributed by atoms with Gasteiger partial charge in [0.05, 0.1) is 30.4 Å². The Morgan fingerprint density at radius 2 is 2.00 bits per heavy atom. The standard InChI is InChI=1S/C25H26F3N5O3S/c1-14-9-29-23(37-14)19-7-17(8-20-21(19)36-6-4-33(20)12-16-3-5-35-13-16)22(34)32-15(2)18-10-30-24(31-11-18)25(26,27)28/h7-11,15-16H,3-6,12-13H2,1-2H3,(H,32,34)/t15-,16?/m1/s1. The van der Waals surface area contributed by atoms with Crippen LogP contribution >= 0.6 is 11.3 Å². The van der Waals surface area contributed by atoms with Crippen molar-refractivity contribution in [3.8, 4) is 16.3 Å². The molecule has 1 amide bonds. The Kier molecular flexibility index (Phi) is 7.04. The molecule has 0 radical (unpaired) electrons. The SMILES string of the molecule is Cc1cnc(-c2cc(C(=O)N[C@H](C)c3cnc(C(F)(F)F)nc3)cc3c2OCCN3CC2CCOC2)s1. The lowest BCUT2D eigenvalue weighted by Crippen LogP contribution is -2.37. The van der Waals surface area contributed by atoms with Crippen LogP contribution in [0, 0.1) is 12.8 Å². The lowest BCUT2D eigenvalue weighted by atomic mass is 10.0. The minimum atomic E-state index is -4.63. The van der Waals surface area contributed by atoms with Crippen LogP contribution in [-0.2, 0) is 10.9 Å². The molecular weight excluding hydrogens is 507 g/mol. The van der Waals surface area contributed by atoms with Crippen molar-refractivity contribution in [1.82, 2.24) is 20.3 Å². The number of anilines is 1. The second-order valence-electron chi connectivity index (χ2n) is 9.21. The number of halogens is 3. The van der Waals surface area contributed by atoms with Gasteiger partial charge in [0.15, 0.2) is 5.75 Å². The maximum absolute atomic E-state index is 13.4. The quantitative estimate of drug-likeness (QED) is 0.493. The van der Waals surface area contributed by atoms with Crippen molar-refractivity contribution in [2.24, 2.45) is 5.92 Å². The predicted octanol–water partition coefficient (Wildman–Crippen LogP) is 4.65. The van der Waals surface area contributed by atoms with Crippen LogP contribution in [0.3, 0.4) is 0 Å². The Bertz CT molecular complexity index is 1280. The maximum Gasteiger partial charge on any atom is 0.451 e. The molecule has 5 rings (SSSR count). The molecule has 1 saturated heterocycles. The van der Waals surface area contributed by atoms with Crippen LogP contribution in [0.15, 0.2) is 30.7 Å². The van der Waals surface area contributed by atoms with Crippen LogP contribution in [0.2, 0.25) is 0 Å². The van der Waals surface area contributed by atoms with Crippen molar-refractivity contribution >= 4 is 22.9 Å². The first kappa shape index (κ1) is 25.4. The number of carbonyl (C=O) groups excluding carboxylic acids is 1. The number of thiazole rings is 1. The minimum Gasteiger partial charge on any atom is -0.489 e. The van der Waals surface area contributed by atoms with Crippen molar-refractivity contribution in [3.63, 3.8) is 0 Å². The molecule has 0 saturated carbocycles. The van der Waals surface area contributed by atoms with Crippen molar-refractivity contribution in [2.45, 2.75) is 32.5 Å². The number of alkyl halides is 3. The van der Waals surface area contributed by atoms with E-state index in [2.05, 4.69) is 25.2 Å². The monoisotopic (exact) mass is 533 g/mol. The first-order valence-electron chi connectivity index (χ1n) is 12.0. The van der Waals surface area contributed by atoms with E-state index in [1.165, 1.54) is 11.3 Å². The van der Waals surface area contributed by atoms with Crippen LogP contribution in [-0.4, -0.2) is 53.8 Å². The molecule has 2 aliphatic heterocycles. The number of carbonyl (C=O) groups is 1. The molecular formula is C25H26F3N5O3S. The van der Waals surface area contributed by atoms with Crippen LogP contribution < -0.4 is 15.0 Å². The van der Waals surface area contributed by atoms with Crippen molar-refractivity contribution < 1.29 is 27.4 Å². The zero-order valence-electron chi connectivity index (χ0n) is 20.3. The molecule has 12 heteroatoms. The highest BCUT2D eigenvalue weighted by molar-refractivity contribution is 7.15. The van der Waals surface area contributed by atoms with Gasteiger partial charge in [0, 0.05) is 53.7 Å². The lowest BCUT2D eigenvalue weighted by molar-refractivity contribution is -0.145. The summed E-state index contributed by atoms with van der Waals surface area (Å²) in [5.41, 5.74) is 2.32. The van der Waals surface area contributed by atoms with Gasteiger partial charge in [-0.2, -0.15) is 13.2 Å². The van der Waals surface area contributed by atoms with E-state index in [4.69, 9.17) is 9.47 Å². The van der Waals surface area contributed by atoms with Gasteiger partial charge in [0.1, 0.15) is 11.6 Å². The van der Waals surface area contributed by atoms with Gasteiger partial charge in [-0.15, -0.1) is 11.3 Å². The average molecular weight is 534 g/mol. The molecule has 2 atom stereocenters. The summed E-state index contributed by atoms with van der Waals surface area (Å²) in [6, 6.07) is 2.95. The van der Waals surface area contributed by atoms with E-state index in [0.29, 0.717) is 42.6 Å². The number of ether oxygens (including phenoxy) is 2. The first-order valence-corrected chi connectivity index (χ1v) is 12.8. The van der Waals surface area contributed by atoms with Crippen molar-refractivity contribution in [3.05, 3.63) is 52.6 Å². The summed E-state index contributed by atoms with van der Waals surface area (Å²) in [4.78, 5) is 27.9. The second kappa shape index (κ2) is 10.3. The summed E-state index contributed by atoms with van der Waals surface area (Å²) in [6.45, 7) is 7.08. The lowest BCUT2D eigenvalue weighted by Gasteiger charge is -2.34. The Balaban J connectivity index is 1.45. The number of benzene rings is 1. The van der Waals surface area contributed by atoms with Gasteiger partial charge in [0.2, 0.25) is 5.82 Å². The molecule has 1 N–H and O–H groups in total. The van der Waals surface area contributed by atoms with E-state index < -0.39 is 18.0 Å². The first-order chi connectivity index (χ1) is 17.7. The number of amides is 1. The van der Waals surface area contributed by atoms with Gasteiger partial charge in [0.25, 0.3) is 5.91 Å². The molecule has 2 aromatic heterocycles. The summed E-state index contributed by atoms with van der Waals surface area (Å²) in [6.07, 6.45) is 0.297. The summed E-state index contributed by atoms with van der Waals surface area (Å²) < 4.78 is 50.1. The third-order valence-corrected chi connectivity index (χ3v) is 7.35. The number of fused-ring (bicyclic) bond motifs is 1. The number of nitrogens with zero attached hydrogens (tertiary/aromatic N) is 4.